The van der Waals surface area contributed by atoms with Crippen molar-refractivity contribution in [3.05, 3.63) is 101 Å². The fraction of sp³-hybridized carbons (Fsp3) is 0.148. The highest BCUT2D eigenvalue weighted by atomic mass is 32.2. The molecule has 1 atom stereocenters. The number of carboxylic acids is 1. The third-order valence-electron chi connectivity index (χ3n) is 6.38. The summed E-state index contributed by atoms with van der Waals surface area (Å²) in [6.45, 7) is 0.161. The van der Waals surface area contributed by atoms with E-state index in [4.69, 9.17) is 4.74 Å². The zero-order valence-corrected chi connectivity index (χ0v) is 21.1. The van der Waals surface area contributed by atoms with Crippen LogP contribution in [0.3, 0.4) is 0 Å². The lowest BCUT2D eigenvalue weighted by Gasteiger charge is -2.29. The second-order valence-electron chi connectivity index (χ2n) is 8.90. The molecule has 1 aliphatic heterocycles. The van der Waals surface area contributed by atoms with Crippen LogP contribution < -0.4 is 9.46 Å². The first-order valence-electron chi connectivity index (χ1n) is 11.7. The van der Waals surface area contributed by atoms with Gasteiger partial charge >= 0.3 is 12.1 Å². The van der Waals surface area contributed by atoms with Crippen molar-refractivity contribution in [1.29, 1.82) is 0 Å². The number of alkyl halides is 3. The quantitative estimate of drug-likeness (QED) is 0.284. The number of carbonyl (C=O) groups is 1. The minimum atomic E-state index is -4.60. The Morgan fingerprint density at radius 3 is 2.30 bits per heavy atom. The smallest absolute Gasteiger partial charge is 0.416 e. The Morgan fingerprint density at radius 2 is 1.65 bits per heavy atom. The first-order valence-corrected chi connectivity index (χ1v) is 13.2. The molecule has 1 aromatic heterocycles. The fourth-order valence-electron chi connectivity index (χ4n) is 4.48. The van der Waals surface area contributed by atoms with Gasteiger partial charge in [0.15, 0.2) is 5.82 Å². The summed E-state index contributed by atoms with van der Waals surface area (Å²) in [4.78, 5) is 18.3. The van der Waals surface area contributed by atoms with E-state index < -0.39 is 39.5 Å². The number of rotatable bonds is 6. The van der Waals surface area contributed by atoms with E-state index >= 15 is 0 Å². The van der Waals surface area contributed by atoms with E-state index in [1.54, 1.807) is 0 Å². The molecule has 1 unspecified atom stereocenters. The summed E-state index contributed by atoms with van der Waals surface area (Å²) in [7, 11) is -4.18. The van der Waals surface area contributed by atoms with Crippen LogP contribution in [0.5, 0.6) is 5.75 Å². The number of benzene rings is 3. The van der Waals surface area contributed by atoms with Crippen LogP contribution in [0.2, 0.25) is 0 Å². The van der Waals surface area contributed by atoms with E-state index in [9.17, 15) is 35.9 Å². The number of carboxylic acid groups (broad SMARTS) is 1. The van der Waals surface area contributed by atoms with E-state index in [-0.39, 0.29) is 34.3 Å². The maximum atomic E-state index is 13.6. The second kappa shape index (κ2) is 10.2. The van der Waals surface area contributed by atoms with Crippen molar-refractivity contribution in [2.24, 2.45) is 0 Å². The van der Waals surface area contributed by atoms with E-state index in [0.717, 1.165) is 24.5 Å². The largest absolute Gasteiger partial charge is 0.493 e. The SMILES string of the molecule is O=C(O)c1ccc(-c2cc(C(F)(F)F)ccc2C2CCOc3cc(S(=O)(=O)Nc4ncc(F)cn4)ccc32)cc1. The number of hydrogen-bond acceptors (Lipinski definition) is 6. The Balaban J connectivity index is 1.55. The van der Waals surface area contributed by atoms with Crippen LogP contribution in [-0.2, 0) is 16.2 Å². The number of nitrogens with one attached hydrogen (secondary N) is 1. The van der Waals surface area contributed by atoms with Gasteiger partial charge in [-0.15, -0.1) is 0 Å². The average Bonchev–Trinajstić information content (AvgIpc) is 2.93. The summed E-state index contributed by atoms with van der Waals surface area (Å²) < 4.78 is 87.5. The molecular weight excluding hydrogens is 554 g/mol. The summed E-state index contributed by atoms with van der Waals surface area (Å²) in [5.74, 6) is -2.46. The van der Waals surface area contributed by atoms with Gasteiger partial charge in [0.25, 0.3) is 10.0 Å². The average molecular weight is 574 g/mol. The van der Waals surface area contributed by atoms with Gasteiger partial charge in [-0.25, -0.2) is 32.3 Å². The lowest BCUT2D eigenvalue weighted by atomic mass is 9.82. The van der Waals surface area contributed by atoms with Crippen LogP contribution in [0, 0.1) is 5.82 Å². The molecule has 13 heteroatoms. The zero-order valence-electron chi connectivity index (χ0n) is 20.3. The van der Waals surface area contributed by atoms with Crippen LogP contribution >= 0.6 is 0 Å². The molecule has 8 nitrogen and oxygen atoms in total. The van der Waals surface area contributed by atoms with E-state index in [0.29, 0.717) is 23.1 Å². The second-order valence-corrected chi connectivity index (χ2v) is 10.6. The lowest BCUT2D eigenvalue weighted by Crippen LogP contribution is -2.19. The van der Waals surface area contributed by atoms with Gasteiger partial charge < -0.3 is 9.84 Å². The van der Waals surface area contributed by atoms with Crippen molar-refractivity contribution in [1.82, 2.24) is 9.97 Å². The maximum absolute atomic E-state index is 13.6. The molecule has 3 aromatic carbocycles. The predicted octanol–water partition coefficient (Wildman–Crippen LogP) is 5.71. The number of ether oxygens (including phenoxy) is 1. The highest BCUT2D eigenvalue weighted by Crippen LogP contribution is 2.44. The summed E-state index contributed by atoms with van der Waals surface area (Å²) in [5, 5.41) is 9.21. The molecule has 5 rings (SSSR count). The van der Waals surface area contributed by atoms with Gasteiger partial charge in [0.2, 0.25) is 5.95 Å². The van der Waals surface area contributed by atoms with Gasteiger partial charge in [-0.1, -0.05) is 24.3 Å². The van der Waals surface area contributed by atoms with Crippen molar-refractivity contribution >= 4 is 21.9 Å². The number of anilines is 1. The normalized spacial score (nSPS) is 15.2. The molecule has 0 radical (unpaired) electrons. The molecule has 0 bridgehead atoms. The molecule has 0 saturated carbocycles. The Bertz CT molecular complexity index is 1690. The third kappa shape index (κ3) is 5.45. The van der Waals surface area contributed by atoms with E-state index in [1.807, 2.05) is 0 Å². The lowest BCUT2D eigenvalue weighted by molar-refractivity contribution is -0.137. The van der Waals surface area contributed by atoms with Crippen molar-refractivity contribution in [2.75, 3.05) is 11.3 Å². The Kier molecular flexibility index (Phi) is 6.92. The minimum absolute atomic E-state index is 0.0120. The third-order valence-corrected chi connectivity index (χ3v) is 7.71. The predicted molar refractivity (Wildman–Crippen MR) is 135 cm³/mol. The van der Waals surface area contributed by atoms with Gasteiger partial charge in [0.1, 0.15) is 5.75 Å². The first-order chi connectivity index (χ1) is 18.9. The summed E-state index contributed by atoms with van der Waals surface area (Å²) in [5.41, 5.74) is 0.872. The number of nitrogens with zero attached hydrogens (tertiary/aromatic N) is 2. The van der Waals surface area contributed by atoms with Crippen LogP contribution in [0.25, 0.3) is 11.1 Å². The molecule has 206 valence electrons. The summed E-state index contributed by atoms with van der Waals surface area (Å²) in [6, 6.07) is 13.0. The highest BCUT2D eigenvalue weighted by molar-refractivity contribution is 7.92. The zero-order chi connectivity index (χ0) is 28.7. The van der Waals surface area contributed by atoms with Crippen LogP contribution in [0.15, 0.2) is 78.0 Å². The summed E-state index contributed by atoms with van der Waals surface area (Å²) in [6.07, 6.45) is -2.59. The Morgan fingerprint density at radius 1 is 0.975 bits per heavy atom. The van der Waals surface area contributed by atoms with Crippen LogP contribution in [0.1, 0.15) is 39.4 Å². The molecule has 0 fully saturated rings. The summed E-state index contributed by atoms with van der Waals surface area (Å²) >= 11 is 0. The number of aromatic nitrogens is 2. The molecule has 1 aliphatic rings. The van der Waals surface area contributed by atoms with Gasteiger partial charge in [0.05, 0.1) is 35.0 Å². The highest BCUT2D eigenvalue weighted by Gasteiger charge is 2.33. The maximum Gasteiger partial charge on any atom is 0.416 e. The standard InChI is InChI=1S/C27H19F4N3O5S/c28-18-13-32-26(33-14-18)34-40(37,38)19-6-8-22-21(9-10-39-24(22)12-19)20-7-5-17(27(29,30)31)11-23(20)15-1-3-16(4-2-15)25(35)36/h1-8,11-14,21H,9-10H2,(H,35,36)(H,32,33,34). The molecule has 2 N–H and O–H groups in total. The van der Waals surface area contributed by atoms with Crippen LogP contribution in [0.4, 0.5) is 23.5 Å². The molecule has 0 spiro atoms. The monoisotopic (exact) mass is 573 g/mol. The molecule has 0 aliphatic carbocycles. The van der Waals surface area contributed by atoms with Gasteiger partial charge in [-0.2, -0.15) is 13.2 Å². The molecular formula is C27H19F4N3O5S. The van der Waals surface area contributed by atoms with Crippen molar-refractivity contribution in [3.63, 3.8) is 0 Å². The number of aromatic carboxylic acids is 1. The van der Waals surface area contributed by atoms with Crippen molar-refractivity contribution in [3.8, 4) is 16.9 Å². The Hall–Kier alpha value is -4.52. The minimum Gasteiger partial charge on any atom is -0.493 e. The van der Waals surface area contributed by atoms with Gasteiger partial charge in [-0.3, -0.25) is 0 Å². The number of hydrogen-bond donors (Lipinski definition) is 2. The number of fused-ring (bicyclic) bond motifs is 1. The van der Waals surface area contributed by atoms with Crippen molar-refractivity contribution in [2.45, 2.75) is 23.4 Å². The van der Waals surface area contributed by atoms with Gasteiger partial charge in [0, 0.05) is 17.5 Å². The molecule has 2 heterocycles. The fourth-order valence-corrected chi connectivity index (χ4v) is 5.46. The van der Waals surface area contributed by atoms with E-state index in [1.165, 1.54) is 48.5 Å². The number of sulfonamides is 1. The number of halogens is 4. The van der Waals surface area contributed by atoms with Gasteiger partial charge in [-0.05, 0) is 53.4 Å². The van der Waals surface area contributed by atoms with Crippen molar-refractivity contribution < 1.29 is 40.6 Å². The Labute approximate surface area is 225 Å². The van der Waals surface area contributed by atoms with E-state index in [2.05, 4.69) is 14.7 Å². The molecule has 40 heavy (non-hydrogen) atoms. The molecule has 0 amide bonds. The molecule has 4 aromatic rings. The first kappa shape index (κ1) is 27.1. The molecule has 0 saturated heterocycles. The topological polar surface area (TPSA) is 118 Å². The van der Waals surface area contributed by atoms with Crippen LogP contribution in [-0.4, -0.2) is 36.1 Å².